The number of hydrogen-bond donors (Lipinski definition) is 1. The van der Waals surface area contributed by atoms with Crippen LogP contribution < -0.4 is 5.73 Å². The highest BCUT2D eigenvalue weighted by Crippen LogP contribution is 2.17. The highest BCUT2D eigenvalue weighted by molar-refractivity contribution is 5.64. The second-order valence-electron chi connectivity index (χ2n) is 2.49. The van der Waals surface area contributed by atoms with E-state index in [2.05, 4.69) is 10.1 Å². The summed E-state index contributed by atoms with van der Waals surface area (Å²) in [5.41, 5.74) is 5.97. The highest BCUT2D eigenvalue weighted by atomic mass is 19.3. The molecule has 0 radical (unpaired) electrons. The third-order valence-electron chi connectivity index (χ3n) is 1.63. The Morgan fingerprint density at radius 1 is 1.46 bits per heavy atom. The van der Waals surface area contributed by atoms with Crippen molar-refractivity contribution in [2.75, 3.05) is 5.73 Å². The number of fused-ring (bicyclic) bond motifs is 1. The van der Waals surface area contributed by atoms with Gasteiger partial charge in [-0.25, -0.2) is 18.3 Å². The van der Waals surface area contributed by atoms with Gasteiger partial charge >= 0.3 is 0 Å². The van der Waals surface area contributed by atoms with Crippen LogP contribution >= 0.6 is 0 Å². The third-order valence-corrected chi connectivity index (χ3v) is 1.63. The summed E-state index contributed by atoms with van der Waals surface area (Å²) < 4.78 is 25.7. The van der Waals surface area contributed by atoms with Crippen LogP contribution in [0.3, 0.4) is 0 Å². The van der Waals surface area contributed by atoms with Gasteiger partial charge in [0, 0.05) is 6.20 Å². The van der Waals surface area contributed by atoms with Gasteiger partial charge in [0.15, 0.2) is 5.82 Å². The van der Waals surface area contributed by atoms with Crippen LogP contribution in [0.15, 0.2) is 18.3 Å². The van der Waals surface area contributed by atoms with Crippen LogP contribution in [0.5, 0.6) is 0 Å². The number of aromatic nitrogens is 3. The van der Waals surface area contributed by atoms with Crippen LogP contribution in [0.4, 0.5) is 14.6 Å². The summed E-state index contributed by atoms with van der Waals surface area (Å²) in [7, 11) is 0. The zero-order chi connectivity index (χ0) is 9.42. The summed E-state index contributed by atoms with van der Waals surface area (Å²) in [6.45, 7) is 0. The summed E-state index contributed by atoms with van der Waals surface area (Å²) in [5, 5.41) is 3.57. The van der Waals surface area contributed by atoms with Crippen molar-refractivity contribution in [3.05, 3.63) is 24.2 Å². The molecule has 0 unspecified atom stereocenters. The molecule has 0 bridgehead atoms. The van der Waals surface area contributed by atoms with E-state index in [4.69, 9.17) is 5.73 Å². The Balaban J connectivity index is 2.70. The Kier molecular flexibility index (Phi) is 1.61. The van der Waals surface area contributed by atoms with Crippen LogP contribution in [-0.2, 0) is 0 Å². The molecule has 0 aliphatic carbocycles. The van der Waals surface area contributed by atoms with E-state index < -0.39 is 12.2 Å². The number of nitrogens with two attached hydrogens (primary N) is 1. The number of anilines is 1. The molecule has 68 valence electrons. The molecule has 0 saturated heterocycles. The van der Waals surface area contributed by atoms with Crippen LogP contribution in [0.2, 0.25) is 0 Å². The van der Waals surface area contributed by atoms with Gasteiger partial charge in [0.05, 0.1) is 0 Å². The van der Waals surface area contributed by atoms with Crippen LogP contribution in [0.25, 0.3) is 5.52 Å². The number of hydrogen-bond acceptors (Lipinski definition) is 3. The van der Waals surface area contributed by atoms with E-state index in [0.29, 0.717) is 5.52 Å². The van der Waals surface area contributed by atoms with Crippen molar-refractivity contribution in [1.82, 2.24) is 14.6 Å². The Hall–Kier alpha value is -1.72. The first-order valence-corrected chi connectivity index (χ1v) is 3.57. The zero-order valence-corrected chi connectivity index (χ0v) is 6.48. The van der Waals surface area contributed by atoms with E-state index in [-0.39, 0.29) is 5.82 Å². The smallest absolute Gasteiger partial charge is 0.299 e. The fourth-order valence-corrected chi connectivity index (χ4v) is 1.07. The number of rotatable bonds is 1. The first-order valence-electron chi connectivity index (χ1n) is 3.57. The molecule has 6 heteroatoms. The standard InChI is InChI=1S/C7H6F2N4/c8-5(9)7-11-6(10)4-2-1-3-13(4)12-7/h1-3,5H,(H2,10,11,12). The SMILES string of the molecule is Nc1nc(C(F)F)nn2cccc12. The van der Waals surface area contributed by atoms with Gasteiger partial charge in [0.1, 0.15) is 5.52 Å². The first kappa shape index (κ1) is 7.90. The summed E-state index contributed by atoms with van der Waals surface area (Å²) in [6.07, 6.45) is -1.16. The summed E-state index contributed by atoms with van der Waals surface area (Å²) in [5.74, 6) is -0.489. The van der Waals surface area contributed by atoms with Crippen LogP contribution in [-0.4, -0.2) is 14.6 Å². The average molecular weight is 184 g/mol. The predicted molar refractivity (Wildman–Crippen MR) is 42.4 cm³/mol. The van der Waals surface area contributed by atoms with Crippen molar-refractivity contribution in [1.29, 1.82) is 0 Å². The molecule has 0 atom stereocenters. The highest BCUT2D eigenvalue weighted by Gasteiger charge is 2.13. The maximum Gasteiger partial charge on any atom is 0.299 e. The molecule has 0 aliphatic heterocycles. The lowest BCUT2D eigenvalue weighted by Gasteiger charge is -2.01. The minimum absolute atomic E-state index is 0.0651. The van der Waals surface area contributed by atoms with Gasteiger partial charge in [-0.05, 0) is 12.1 Å². The van der Waals surface area contributed by atoms with Crippen molar-refractivity contribution >= 4 is 11.3 Å². The van der Waals surface area contributed by atoms with E-state index >= 15 is 0 Å². The second kappa shape index (κ2) is 2.65. The molecule has 0 spiro atoms. The van der Waals surface area contributed by atoms with Gasteiger partial charge in [0.25, 0.3) is 6.43 Å². The minimum atomic E-state index is -2.70. The second-order valence-corrected chi connectivity index (χ2v) is 2.49. The molecule has 2 aromatic rings. The third kappa shape index (κ3) is 1.20. The number of nitrogens with zero attached hydrogens (tertiary/aromatic N) is 3. The van der Waals surface area contributed by atoms with Gasteiger partial charge in [-0.3, -0.25) is 0 Å². The lowest BCUT2D eigenvalue weighted by atomic mass is 10.5. The molecule has 2 heterocycles. The normalized spacial score (nSPS) is 11.3. The average Bonchev–Trinajstić information content (AvgIpc) is 2.51. The molecule has 0 aliphatic rings. The van der Waals surface area contributed by atoms with Crippen molar-refractivity contribution in [2.24, 2.45) is 0 Å². The fourth-order valence-electron chi connectivity index (χ4n) is 1.07. The number of alkyl halides is 2. The molecular formula is C7H6F2N4. The van der Waals surface area contributed by atoms with Crippen molar-refractivity contribution in [3.63, 3.8) is 0 Å². The first-order chi connectivity index (χ1) is 6.18. The van der Waals surface area contributed by atoms with Crippen molar-refractivity contribution < 1.29 is 8.78 Å². The van der Waals surface area contributed by atoms with Gasteiger partial charge in [-0.1, -0.05) is 0 Å². The number of nitrogen functional groups attached to an aromatic ring is 1. The van der Waals surface area contributed by atoms with Crippen molar-refractivity contribution in [3.8, 4) is 0 Å². The molecule has 0 fully saturated rings. The molecule has 2 N–H and O–H groups in total. The quantitative estimate of drug-likeness (QED) is 0.725. The van der Waals surface area contributed by atoms with Crippen molar-refractivity contribution in [2.45, 2.75) is 6.43 Å². The Morgan fingerprint density at radius 3 is 2.92 bits per heavy atom. The molecular weight excluding hydrogens is 178 g/mol. The zero-order valence-electron chi connectivity index (χ0n) is 6.48. The molecule has 0 aromatic carbocycles. The number of halogens is 2. The van der Waals surface area contributed by atoms with Gasteiger partial charge in [-0.15, -0.1) is 5.10 Å². The van der Waals surface area contributed by atoms with E-state index in [9.17, 15) is 8.78 Å². The van der Waals surface area contributed by atoms with Gasteiger partial charge in [0.2, 0.25) is 5.82 Å². The fraction of sp³-hybridized carbons (Fsp3) is 0.143. The largest absolute Gasteiger partial charge is 0.382 e. The molecule has 2 aromatic heterocycles. The molecule has 13 heavy (non-hydrogen) atoms. The summed E-state index contributed by atoms with van der Waals surface area (Å²) in [4.78, 5) is 3.47. The Bertz CT molecular complexity index is 437. The van der Waals surface area contributed by atoms with E-state index in [0.717, 1.165) is 0 Å². The Labute approximate surface area is 72.0 Å². The molecule has 4 nitrogen and oxygen atoms in total. The van der Waals surface area contributed by atoms with E-state index in [1.54, 1.807) is 18.3 Å². The Morgan fingerprint density at radius 2 is 2.23 bits per heavy atom. The molecule has 0 amide bonds. The predicted octanol–water partition coefficient (Wildman–Crippen LogP) is 1.25. The maximum atomic E-state index is 12.2. The van der Waals surface area contributed by atoms with Crippen LogP contribution in [0, 0.1) is 0 Å². The monoisotopic (exact) mass is 184 g/mol. The van der Waals surface area contributed by atoms with E-state index in [1.807, 2.05) is 0 Å². The maximum absolute atomic E-state index is 12.2. The molecule has 2 rings (SSSR count). The topological polar surface area (TPSA) is 56.2 Å². The van der Waals surface area contributed by atoms with Gasteiger partial charge < -0.3 is 5.73 Å². The molecule has 0 saturated carbocycles. The lowest BCUT2D eigenvalue weighted by molar-refractivity contribution is 0.138. The summed E-state index contributed by atoms with van der Waals surface area (Å²) >= 11 is 0. The minimum Gasteiger partial charge on any atom is -0.382 e. The van der Waals surface area contributed by atoms with Crippen LogP contribution in [0.1, 0.15) is 12.2 Å². The van der Waals surface area contributed by atoms with Gasteiger partial charge in [-0.2, -0.15) is 0 Å². The lowest BCUT2D eigenvalue weighted by Crippen LogP contribution is -2.05. The van der Waals surface area contributed by atoms with E-state index in [1.165, 1.54) is 4.52 Å². The summed E-state index contributed by atoms with van der Waals surface area (Å²) in [6, 6.07) is 3.32.